The minimum absolute atomic E-state index is 0.138. The first-order valence-corrected chi connectivity index (χ1v) is 7.87. The number of esters is 1. The smallest absolute Gasteiger partial charge is 0.340 e. The summed E-state index contributed by atoms with van der Waals surface area (Å²) in [5.41, 5.74) is -0.0759. The summed E-state index contributed by atoms with van der Waals surface area (Å²) in [5, 5.41) is 6.25. The van der Waals surface area contributed by atoms with Gasteiger partial charge in [0.1, 0.15) is 11.6 Å². The lowest BCUT2D eigenvalue weighted by Gasteiger charge is -2.14. The highest BCUT2D eigenvalue weighted by Crippen LogP contribution is 2.16. The first-order chi connectivity index (χ1) is 12.9. The predicted molar refractivity (Wildman–Crippen MR) is 91.2 cm³/mol. The van der Waals surface area contributed by atoms with Crippen LogP contribution in [0.3, 0.4) is 0 Å². The number of halogens is 2. The Morgan fingerprint density at radius 3 is 2.67 bits per heavy atom. The van der Waals surface area contributed by atoms with E-state index in [2.05, 4.69) is 15.4 Å². The fraction of sp³-hybridized carbons (Fsp3) is 0.111. The summed E-state index contributed by atoms with van der Waals surface area (Å²) in [6.45, 7) is 1.33. The lowest BCUT2D eigenvalue weighted by Crippen LogP contribution is -2.30. The highest BCUT2D eigenvalue weighted by atomic mass is 19.1. The minimum atomic E-state index is -1.20. The quantitative estimate of drug-likeness (QED) is 0.696. The fourth-order valence-corrected chi connectivity index (χ4v) is 2.15. The number of benzene rings is 1. The monoisotopic (exact) mass is 372 g/mol. The highest BCUT2D eigenvalue weighted by molar-refractivity contribution is 5.97. The summed E-state index contributed by atoms with van der Waals surface area (Å²) in [6, 6.07) is 7.50. The highest BCUT2D eigenvalue weighted by Gasteiger charge is 2.20. The Morgan fingerprint density at radius 2 is 2.04 bits per heavy atom. The van der Waals surface area contributed by atoms with E-state index >= 15 is 0 Å². The van der Waals surface area contributed by atoms with E-state index in [-0.39, 0.29) is 11.3 Å². The second-order valence-corrected chi connectivity index (χ2v) is 5.52. The number of hydrogen-bond acceptors (Lipinski definition) is 5. The summed E-state index contributed by atoms with van der Waals surface area (Å²) >= 11 is 0. The molecule has 1 amide bonds. The van der Waals surface area contributed by atoms with Crippen molar-refractivity contribution in [3.05, 3.63) is 72.2 Å². The molecule has 3 aromatic rings. The van der Waals surface area contributed by atoms with E-state index in [1.54, 1.807) is 24.5 Å². The van der Waals surface area contributed by atoms with Gasteiger partial charge in [-0.1, -0.05) is 0 Å². The second-order valence-electron chi connectivity index (χ2n) is 5.52. The molecule has 0 fully saturated rings. The van der Waals surface area contributed by atoms with Crippen LogP contribution in [0.2, 0.25) is 0 Å². The zero-order valence-corrected chi connectivity index (χ0v) is 14.1. The van der Waals surface area contributed by atoms with Crippen LogP contribution in [0.1, 0.15) is 17.3 Å². The van der Waals surface area contributed by atoms with Gasteiger partial charge in [0.2, 0.25) is 0 Å². The summed E-state index contributed by atoms with van der Waals surface area (Å²) in [4.78, 5) is 28.3. The van der Waals surface area contributed by atoms with Gasteiger partial charge in [-0.05, 0) is 37.3 Å². The topological polar surface area (TPSA) is 86.1 Å². The fourth-order valence-electron chi connectivity index (χ4n) is 2.15. The Hall–Kier alpha value is -3.62. The lowest BCUT2D eigenvalue weighted by molar-refractivity contribution is -0.123. The number of carbonyl (C=O) groups excluding carboxylic acids is 2. The van der Waals surface area contributed by atoms with Crippen LogP contribution in [0, 0.1) is 11.6 Å². The molecule has 0 spiro atoms. The van der Waals surface area contributed by atoms with Crippen LogP contribution in [0.25, 0.3) is 5.82 Å². The van der Waals surface area contributed by atoms with Crippen LogP contribution in [0.15, 0.2) is 55.0 Å². The van der Waals surface area contributed by atoms with Crippen molar-refractivity contribution in [2.75, 3.05) is 5.32 Å². The zero-order chi connectivity index (χ0) is 19.4. The van der Waals surface area contributed by atoms with Gasteiger partial charge in [-0.3, -0.25) is 4.79 Å². The second kappa shape index (κ2) is 7.73. The number of nitrogens with zero attached hydrogens (tertiary/aromatic N) is 3. The van der Waals surface area contributed by atoms with Crippen LogP contribution in [0.4, 0.5) is 14.5 Å². The van der Waals surface area contributed by atoms with Gasteiger partial charge >= 0.3 is 5.97 Å². The van der Waals surface area contributed by atoms with Crippen molar-refractivity contribution in [2.24, 2.45) is 0 Å². The van der Waals surface area contributed by atoms with E-state index in [9.17, 15) is 18.4 Å². The Bertz CT molecular complexity index is 959. The number of carbonyl (C=O) groups is 2. The molecule has 3 rings (SSSR count). The molecular formula is C18H14F2N4O3. The van der Waals surface area contributed by atoms with Crippen molar-refractivity contribution < 1.29 is 23.1 Å². The lowest BCUT2D eigenvalue weighted by atomic mass is 10.2. The summed E-state index contributed by atoms with van der Waals surface area (Å²) in [6.07, 6.45) is 3.38. The maximum absolute atomic E-state index is 13.6. The molecule has 1 aromatic carbocycles. The Balaban J connectivity index is 1.62. The Labute approximate surface area is 152 Å². The molecule has 0 saturated heterocycles. The van der Waals surface area contributed by atoms with Gasteiger partial charge < -0.3 is 10.1 Å². The molecule has 0 aliphatic heterocycles. The molecule has 9 heteroatoms. The molecule has 0 bridgehead atoms. The van der Waals surface area contributed by atoms with E-state index in [1.165, 1.54) is 23.9 Å². The molecule has 138 valence electrons. The van der Waals surface area contributed by atoms with Crippen molar-refractivity contribution >= 4 is 17.6 Å². The van der Waals surface area contributed by atoms with E-state index in [1.807, 2.05) is 0 Å². The van der Waals surface area contributed by atoms with E-state index in [0.717, 1.165) is 12.1 Å². The SMILES string of the molecule is CC(OC(=O)c1ccc(-n2cccn2)nc1)C(=O)Nc1ccc(F)cc1F. The molecule has 1 unspecified atom stereocenters. The molecule has 0 saturated carbocycles. The summed E-state index contributed by atoms with van der Waals surface area (Å²) < 4.78 is 33.0. The van der Waals surface area contributed by atoms with Crippen LogP contribution in [-0.4, -0.2) is 32.7 Å². The number of anilines is 1. The molecule has 27 heavy (non-hydrogen) atoms. The Morgan fingerprint density at radius 1 is 1.22 bits per heavy atom. The summed E-state index contributed by atoms with van der Waals surface area (Å²) in [7, 11) is 0. The number of amides is 1. The van der Waals surface area contributed by atoms with E-state index in [0.29, 0.717) is 11.9 Å². The van der Waals surface area contributed by atoms with Crippen molar-refractivity contribution in [1.82, 2.24) is 14.8 Å². The predicted octanol–water partition coefficient (Wildman–Crippen LogP) is 2.73. The van der Waals surface area contributed by atoms with Gasteiger partial charge in [-0.2, -0.15) is 5.10 Å². The van der Waals surface area contributed by atoms with Gasteiger partial charge in [0.05, 0.1) is 11.3 Å². The number of ether oxygens (including phenoxy) is 1. The van der Waals surface area contributed by atoms with Crippen molar-refractivity contribution in [2.45, 2.75) is 13.0 Å². The number of hydrogen-bond donors (Lipinski definition) is 1. The maximum atomic E-state index is 13.6. The molecule has 0 radical (unpaired) electrons. The third-order valence-corrected chi connectivity index (χ3v) is 3.56. The van der Waals surface area contributed by atoms with E-state index in [4.69, 9.17) is 4.74 Å². The molecule has 1 atom stereocenters. The standard InChI is InChI=1S/C18H14F2N4O3/c1-11(17(25)23-15-5-4-13(19)9-14(15)20)27-18(26)12-3-6-16(21-10-12)24-8-2-7-22-24/h2-11H,1H3,(H,23,25). The molecule has 2 heterocycles. The van der Waals surface area contributed by atoms with Crippen LogP contribution < -0.4 is 5.32 Å². The first-order valence-electron chi connectivity index (χ1n) is 7.87. The normalized spacial score (nSPS) is 11.7. The molecule has 0 aliphatic carbocycles. The first kappa shape index (κ1) is 18.2. The third-order valence-electron chi connectivity index (χ3n) is 3.56. The summed E-state index contributed by atoms with van der Waals surface area (Å²) in [5.74, 6) is -2.71. The molecule has 0 aliphatic rings. The zero-order valence-electron chi connectivity index (χ0n) is 14.1. The minimum Gasteiger partial charge on any atom is -0.449 e. The van der Waals surface area contributed by atoms with Gasteiger partial charge in [-0.15, -0.1) is 0 Å². The molecule has 7 nitrogen and oxygen atoms in total. The number of nitrogens with one attached hydrogen (secondary N) is 1. The van der Waals surface area contributed by atoms with Crippen molar-refractivity contribution in [3.63, 3.8) is 0 Å². The Kier molecular flexibility index (Phi) is 5.20. The van der Waals surface area contributed by atoms with Gasteiger partial charge in [0.25, 0.3) is 5.91 Å². The largest absolute Gasteiger partial charge is 0.449 e. The average molecular weight is 372 g/mol. The molecule has 1 N–H and O–H groups in total. The number of pyridine rings is 1. The molecular weight excluding hydrogens is 358 g/mol. The van der Waals surface area contributed by atoms with Gasteiger partial charge in [0, 0.05) is 24.7 Å². The van der Waals surface area contributed by atoms with Gasteiger partial charge in [-0.25, -0.2) is 23.2 Å². The number of rotatable bonds is 5. The average Bonchev–Trinajstić information content (AvgIpc) is 3.18. The van der Waals surface area contributed by atoms with Crippen molar-refractivity contribution in [3.8, 4) is 5.82 Å². The van der Waals surface area contributed by atoms with Crippen molar-refractivity contribution in [1.29, 1.82) is 0 Å². The van der Waals surface area contributed by atoms with Crippen LogP contribution in [-0.2, 0) is 9.53 Å². The van der Waals surface area contributed by atoms with E-state index < -0.39 is 29.6 Å². The number of aromatic nitrogens is 3. The maximum Gasteiger partial charge on any atom is 0.340 e. The van der Waals surface area contributed by atoms with Crippen LogP contribution >= 0.6 is 0 Å². The third kappa shape index (κ3) is 4.32. The van der Waals surface area contributed by atoms with Gasteiger partial charge in [0.15, 0.2) is 11.9 Å². The molecule has 2 aromatic heterocycles. The van der Waals surface area contributed by atoms with Crippen LogP contribution in [0.5, 0.6) is 0 Å².